The van der Waals surface area contributed by atoms with Crippen LogP contribution in [0, 0.1) is 12.7 Å². The number of nitrogens with zero attached hydrogens (tertiary/aromatic N) is 2. The first-order valence-corrected chi connectivity index (χ1v) is 6.88. The first kappa shape index (κ1) is 16.0. The Labute approximate surface area is 133 Å². The maximum absolute atomic E-state index is 13.2. The van der Waals surface area contributed by atoms with Crippen molar-refractivity contribution in [3.05, 3.63) is 65.4 Å². The molecular weight excluding hydrogens is 326 g/mol. The van der Waals surface area contributed by atoms with Gasteiger partial charge in [0.15, 0.2) is 0 Å². The van der Waals surface area contributed by atoms with Gasteiger partial charge < -0.3 is 5.32 Å². The van der Waals surface area contributed by atoms with Crippen LogP contribution in [0.15, 0.2) is 42.6 Å². The van der Waals surface area contributed by atoms with Gasteiger partial charge >= 0.3 is 6.18 Å². The number of nitrogens with one attached hydrogen (secondary N) is 1. The molecule has 1 amide bonds. The van der Waals surface area contributed by atoms with E-state index in [1.165, 1.54) is 31.2 Å². The van der Waals surface area contributed by atoms with Gasteiger partial charge in [0.2, 0.25) is 0 Å². The number of benzene rings is 1. The fraction of sp³-hybridized carbons (Fsp3) is 0.125. The molecule has 124 valence electrons. The predicted octanol–water partition coefficient (Wildman–Crippen LogP) is 4.05. The molecule has 3 aromatic rings. The fourth-order valence-electron chi connectivity index (χ4n) is 2.36. The Morgan fingerprint density at radius 2 is 1.96 bits per heavy atom. The van der Waals surface area contributed by atoms with Crippen LogP contribution < -0.4 is 5.32 Å². The Balaban J connectivity index is 2.04. The smallest absolute Gasteiger partial charge is 0.321 e. The zero-order valence-corrected chi connectivity index (χ0v) is 12.4. The van der Waals surface area contributed by atoms with Crippen LogP contribution in [0.2, 0.25) is 0 Å². The molecule has 0 aliphatic heterocycles. The molecule has 0 saturated heterocycles. The third kappa shape index (κ3) is 2.94. The van der Waals surface area contributed by atoms with Crippen molar-refractivity contribution in [2.75, 3.05) is 5.32 Å². The number of carbonyl (C=O) groups is 1. The lowest BCUT2D eigenvalue weighted by Gasteiger charge is -2.09. The number of rotatable bonds is 2. The lowest BCUT2D eigenvalue weighted by atomic mass is 10.2. The van der Waals surface area contributed by atoms with E-state index < -0.39 is 23.5 Å². The summed E-state index contributed by atoms with van der Waals surface area (Å²) < 4.78 is 52.9. The molecule has 3 rings (SSSR count). The lowest BCUT2D eigenvalue weighted by molar-refractivity contribution is -0.137. The van der Waals surface area contributed by atoms with E-state index in [1.807, 2.05) is 0 Å². The number of alkyl halides is 3. The third-order valence-electron chi connectivity index (χ3n) is 3.42. The van der Waals surface area contributed by atoms with Gasteiger partial charge in [-0.3, -0.25) is 9.20 Å². The van der Waals surface area contributed by atoms with E-state index >= 15 is 0 Å². The van der Waals surface area contributed by atoms with Crippen molar-refractivity contribution in [3.63, 3.8) is 0 Å². The summed E-state index contributed by atoms with van der Waals surface area (Å²) in [5.74, 6) is -1.22. The molecular formula is C16H11F4N3O. The van der Waals surface area contributed by atoms with E-state index in [-0.39, 0.29) is 22.7 Å². The van der Waals surface area contributed by atoms with Gasteiger partial charge in [0.05, 0.1) is 11.3 Å². The molecule has 0 bridgehead atoms. The number of carbonyl (C=O) groups excluding carboxylic acids is 1. The zero-order chi connectivity index (χ0) is 17.5. The number of anilines is 1. The molecule has 8 heteroatoms. The second-order valence-electron chi connectivity index (χ2n) is 5.15. The lowest BCUT2D eigenvalue weighted by Crippen LogP contribution is -2.16. The number of imidazole rings is 1. The second kappa shape index (κ2) is 5.63. The summed E-state index contributed by atoms with van der Waals surface area (Å²) in [6.45, 7) is 1.51. The summed E-state index contributed by atoms with van der Waals surface area (Å²) in [6, 6.07) is 7.29. The number of hydrogen-bond acceptors (Lipinski definition) is 2. The zero-order valence-electron chi connectivity index (χ0n) is 12.4. The molecule has 1 N–H and O–H groups in total. The van der Waals surface area contributed by atoms with Crippen LogP contribution in [0.3, 0.4) is 0 Å². The van der Waals surface area contributed by atoms with Gasteiger partial charge in [0.1, 0.15) is 17.2 Å². The first-order chi connectivity index (χ1) is 11.3. The molecule has 0 unspecified atom stereocenters. The molecule has 0 saturated carbocycles. The summed E-state index contributed by atoms with van der Waals surface area (Å²) >= 11 is 0. The van der Waals surface area contributed by atoms with Crippen LogP contribution in [-0.4, -0.2) is 15.3 Å². The first-order valence-electron chi connectivity index (χ1n) is 6.88. The van der Waals surface area contributed by atoms with Crippen molar-refractivity contribution >= 4 is 17.2 Å². The standard InChI is InChI=1S/C16H11F4N3O/c1-9-14(15(24)22-12-4-2-3-11(17)7-12)23-8-10(16(18,19)20)5-6-13(23)21-9/h2-8H,1H3,(H,22,24). The third-order valence-corrected chi connectivity index (χ3v) is 3.42. The summed E-state index contributed by atoms with van der Waals surface area (Å²) in [5, 5.41) is 2.46. The number of amides is 1. The molecule has 0 spiro atoms. The molecule has 2 aromatic heterocycles. The fourth-order valence-corrected chi connectivity index (χ4v) is 2.36. The van der Waals surface area contributed by atoms with Crippen molar-refractivity contribution in [1.29, 1.82) is 0 Å². The van der Waals surface area contributed by atoms with E-state index in [1.54, 1.807) is 0 Å². The largest absolute Gasteiger partial charge is 0.417 e. The van der Waals surface area contributed by atoms with Crippen molar-refractivity contribution in [1.82, 2.24) is 9.38 Å². The van der Waals surface area contributed by atoms with E-state index in [0.717, 1.165) is 22.7 Å². The molecule has 4 nitrogen and oxygen atoms in total. The molecule has 0 aliphatic rings. The summed E-state index contributed by atoms with van der Waals surface area (Å²) in [6.07, 6.45) is -3.72. The minimum Gasteiger partial charge on any atom is -0.321 e. The number of pyridine rings is 1. The van der Waals surface area contributed by atoms with Gasteiger partial charge in [-0.05, 0) is 37.3 Å². The van der Waals surface area contributed by atoms with Crippen molar-refractivity contribution in [3.8, 4) is 0 Å². The molecule has 0 atom stereocenters. The van der Waals surface area contributed by atoms with E-state index in [4.69, 9.17) is 0 Å². The monoisotopic (exact) mass is 337 g/mol. The number of halogens is 4. The van der Waals surface area contributed by atoms with Gasteiger partial charge in [-0.25, -0.2) is 9.37 Å². The summed E-state index contributed by atoms with van der Waals surface area (Å²) in [4.78, 5) is 16.5. The number of aromatic nitrogens is 2. The molecule has 0 radical (unpaired) electrons. The van der Waals surface area contributed by atoms with Crippen molar-refractivity contribution < 1.29 is 22.4 Å². The van der Waals surface area contributed by atoms with Gasteiger partial charge in [-0.1, -0.05) is 6.07 Å². The van der Waals surface area contributed by atoms with Gasteiger partial charge in [-0.15, -0.1) is 0 Å². The Kier molecular flexibility index (Phi) is 3.75. The number of hydrogen-bond donors (Lipinski definition) is 1. The normalized spacial score (nSPS) is 11.7. The van der Waals surface area contributed by atoms with Gasteiger partial charge in [0, 0.05) is 11.9 Å². The Morgan fingerprint density at radius 1 is 1.21 bits per heavy atom. The molecule has 2 heterocycles. The number of fused-ring (bicyclic) bond motifs is 1. The van der Waals surface area contributed by atoms with Crippen molar-refractivity contribution in [2.45, 2.75) is 13.1 Å². The minimum absolute atomic E-state index is 0.0413. The van der Waals surface area contributed by atoms with Gasteiger partial charge in [0.25, 0.3) is 5.91 Å². The Bertz CT molecular complexity index is 931. The highest BCUT2D eigenvalue weighted by Gasteiger charge is 2.31. The van der Waals surface area contributed by atoms with Crippen molar-refractivity contribution in [2.24, 2.45) is 0 Å². The molecule has 24 heavy (non-hydrogen) atoms. The highest BCUT2D eigenvalue weighted by Crippen LogP contribution is 2.30. The highest BCUT2D eigenvalue weighted by molar-refractivity contribution is 6.04. The average molecular weight is 337 g/mol. The maximum atomic E-state index is 13.2. The van der Waals surface area contributed by atoms with Crippen LogP contribution >= 0.6 is 0 Å². The maximum Gasteiger partial charge on any atom is 0.417 e. The Hall–Kier alpha value is -2.90. The van der Waals surface area contributed by atoms with Crippen LogP contribution in [0.4, 0.5) is 23.2 Å². The number of aryl methyl sites for hydroxylation is 1. The van der Waals surface area contributed by atoms with E-state index in [9.17, 15) is 22.4 Å². The quantitative estimate of drug-likeness (QED) is 0.717. The predicted molar refractivity (Wildman–Crippen MR) is 79.3 cm³/mol. The molecule has 1 aromatic carbocycles. The van der Waals surface area contributed by atoms with Gasteiger partial charge in [-0.2, -0.15) is 13.2 Å². The van der Waals surface area contributed by atoms with E-state index in [2.05, 4.69) is 10.3 Å². The summed E-state index contributed by atoms with van der Waals surface area (Å²) in [7, 11) is 0. The summed E-state index contributed by atoms with van der Waals surface area (Å²) in [5.41, 5.74) is -0.262. The van der Waals surface area contributed by atoms with Crippen LogP contribution in [0.5, 0.6) is 0 Å². The van der Waals surface area contributed by atoms with E-state index in [0.29, 0.717) is 0 Å². The van der Waals surface area contributed by atoms with Crippen LogP contribution in [0.1, 0.15) is 21.7 Å². The second-order valence-corrected chi connectivity index (χ2v) is 5.15. The molecule has 0 fully saturated rings. The minimum atomic E-state index is -4.54. The SMILES string of the molecule is Cc1nc2ccc(C(F)(F)F)cn2c1C(=O)Nc1cccc(F)c1. The highest BCUT2D eigenvalue weighted by atomic mass is 19.4. The Morgan fingerprint density at radius 3 is 2.62 bits per heavy atom. The van der Waals surface area contributed by atoms with Crippen LogP contribution in [-0.2, 0) is 6.18 Å². The molecule has 0 aliphatic carbocycles. The topological polar surface area (TPSA) is 46.4 Å². The average Bonchev–Trinajstić information content (AvgIpc) is 2.81. The van der Waals surface area contributed by atoms with Crippen LogP contribution in [0.25, 0.3) is 5.65 Å².